The smallest absolute Gasteiger partial charge is 0.271 e. The molecule has 1 N–H and O–H groups in total. The van der Waals surface area contributed by atoms with Crippen LogP contribution in [-0.2, 0) is 6.61 Å². The third-order valence-electron chi connectivity index (χ3n) is 4.60. The highest BCUT2D eigenvalue weighted by molar-refractivity contribution is 6.32. The van der Waals surface area contributed by atoms with Gasteiger partial charge in [-0.05, 0) is 66.6 Å². The second-order valence-corrected chi connectivity index (χ2v) is 7.31. The number of hydrazone groups is 1. The molecule has 3 aromatic carbocycles. The van der Waals surface area contributed by atoms with Crippen LogP contribution in [0.25, 0.3) is 0 Å². The summed E-state index contributed by atoms with van der Waals surface area (Å²) >= 11 is 6.28. The molecule has 0 heterocycles. The first kappa shape index (κ1) is 24.5. The number of ether oxygens (including phenoxy) is 3. The van der Waals surface area contributed by atoms with Crippen molar-refractivity contribution >= 4 is 29.4 Å². The summed E-state index contributed by atoms with van der Waals surface area (Å²) in [7, 11) is 1.50. The molecular weight excluding hydrogens is 462 g/mol. The maximum Gasteiger partial charge on any atom is 0.271 e. The van der Waals surface area contributed by atoms with Crippen molar-refractivity contribution in [1.82, 2.24) is 5.43 Å². The quantitative estimate of drug-likeness (QED) is 0.247. The van der Waals surface area contributed by atoms with E-state index in [1.54, 1.807) is 48.5 Å². The number of carbonyl (C=O) groups is 1. The molecule has 1 amide bonds. The van der Waals surface area contributed by atoms with Crippen molar-refractivity contribution in [2.45, 2.75) is 13.5 Å². The molecule has 0 atom stereocenters. The minimum absolute atomic E-state index is 0.0131. The van der Waals surface area contributed by atoms with E-state index in [4.69, 9.17) is 25.8 Å². The predicted molar refractivity (Wildman–Crippen MR) is 128 cm³/mol. The SMILES string of the molecule is CCOc1ccc(C(=O)N/N=C/c2ccc(OCc3ccc([N+](=O)[O-])cc3)c(Cl)c2)cc1OC. The second-order valence-electron chi connectivity index (χ2n) is 6.90. The van der Waals surface area contributed by atoms with Crippen LogP contribution >= 0.6 is 11.6 Å². The van der Waals surface area contributed by atoms with Crippen molar-refractivity contribution in [1.29, 1.82) is 0 Å². The van der Waals surface area contributed by atoms with Gasteiger partial charge in [-0.2, -0.15) is 5.10 Å². The second kappa shape index (κ2) is 11.7. The van der Waals surface area contributed by atoms with E-state index in [1.165, 1.54) is 25.5 Å². The van der Waals surface area contributed by atoms with Gasteiger partial charge in [0.05, 0.1) is 29.9 Å². The van der Waals surface area contributed by atoms with Gasteiger partial charge in [0, 0.05) is 17.7 Å². The number of nitro groups is 1. The van der Waals surface area contributed by atoms with Gasteiger partial charge in [-0.1, -0.05) is 11.6 Å². The maximum atomic E-state index is 12.4. The molecule has 0 unspecified atom stereocenters. The first-order chi connectivity index (χ1) is 16.4. The number of nitrogens with zero attached hydrogens (tertiary/aromatic N) is 2. The zero-order valence-electron chi connectivity index (χ0n) is 18.5. The van der Waals surface area contributed by atoms with Crippen LogP contribution in [0.1, 0.15) is 28.4 Å². The highest BCUT2D eigenvalue weighted by Crippen LogP contribution is 2.28. The Hall–Kier alpha value is -4.11. The minimum atomic E-state index is -0.459. The van der Waals surface area contributed by atoms with Gasteiger partial charge in [-0.3, -0.25) is 14.9 Å². The zero-order valence-corrected chi connectivity index (χ0v) is 19.2. The van der Waals surface area contributed by atoms with Crippen molar-refractivity contribution in [3.05, 3.63) is 92.5 Å². The molecule has 9 nitrogen and oxygen atoms in total. The van der Waals surface area contributed by atoms with E-state index in [1.807, 2.05) is 6.92 Å². The molecule has 0 bridgehead atoms. The summed E-state index contributed by atoms with van der Waals surface area (Å²) in [5.74, 6) is 1.04. The molecule has 10 heteroatoms. The molecular formula is C24H22ClN3O6. The lowest BCUT2D eigenvalue weighted by Crippen LogP contribution is -2.17. The molecule has 0 aliphatic carbocycles. The van der Waals surface area contributed by atoms with Gasteiger partial charge in [-0.15, -0.1) is 0 Å². The van der Waals surface area contributed by atoms with Crippen molar-refractivity contribution in [3.63, 3.8) is 0 Å². The number of amides is 1. The lowest BCUT2D eigenvalue weighted by atomic mass is 10.2. The molecule has 0 radical (unpaired) electrons. The first-order valence-electron chi connectivity index (χ1n) is 10.2. The topological polar surface area (TPSA) is 112 Å². The number of halogens is 1. The zero-order chi connectivity index (χ0) is 24.5. The van der Waals surface area contributed by atoms with Crippen LogP contribution in [0.2, 0.25) is 5.02 Å². The van der Waals surface area contributed by atoms with E-state index < -0.39 is 10.8 Å². The number of non-ortho nitro benzene ring substituents is 1. The monoisotopic (exact) mass is 483 g/mol. The molecule has 34 heavy (non-hydrogen) atoms. The molecule has 0 fully saturated rings. The Kier molecular flexibility index (Phi) is 8.42. The van der Waals surface area contributed by atoms with Gasteiger partial charge in [-0.25, -0.2) is 5.43 Å². The van der Waals surface area contributed by atoms with Crippen LogP contribution in [0.4, 0.5) is 5.69 Å². The van der Waals surface area contributed by atoms with Gasteiger partial charge < -0.3 is 14.2 Å². The molecule has 176 valence electrons. The van der Waals surface area contributed by atoms with E-state index in [0.717, 1.165) is 5.56 Å². The van der Waals surface area contributed by atoms with E-state index in [2.05, 4.69) is 10.5 Å². The van der Waals surface area contributed by atoms with Gasteiger partial charge >= 0.3 is 0 Å². The van der Waals surface area contributed by atoms with Gasteiger partial charge in [0.1, 0.15) is 12.4 Å². The fraction of sp³-hybridized carbons (Fsp3) is 0.167. The Bertz CT molecular complexity index is 1200. The summed E-state index contributed by atoms with van der Waals surface area (Å²) < 4.78 is 16.4. The van der Waals surface area contributed by atoms with Crippen LogP contribution in [0.5, 0.6) is 17.2 Å². The van der Waals surface area contributed by atoms with Crippen molar-refractivity contribution in [2.75, 3.05) is 13.7 Å². The van der Waals surface area contributed by atoms with E-state index in [9.17, 15) is 14.9 Å². The Morgan fingerprint density at radius 2 is 1.79 bits per heavy atom. The van der Waals surface area contributed by atoms with Gasteiger partial charge in [0.15, 0.2) is 11.5 Å². The Labute approximate surface area is 201 Å². The van der Waals surface area contributed by atoms with Gasteiger partial charge in [0.25, 0.3) is 11.6 Å². The normalized spacial score (nSPS) is 10.7. The van der Waals surface area contributed by atoms with Crippen LogP contribution in [0.3, 0.4) is 0 Å². The van der Waals surface area contributed by atoms with Crippen LogP contribution in [-0.4, -0.2) is 30.8 Å². The number of methoxy groups -OCH3 is 1. The lowest BCUT2D eigenvalue weighted by Gasteiger charge is -2.10. The first-order valence-corrected chi connectivity index (χ1v) is 10.6. The van der Waals surface area contributed by atoms with E-state index in [0.29, 0.717) is 40.0 Å². The highest BCUT2D eigenvalue weighted by Gasteiger charge is 2.11. The number of nitro benzene ring substituents is 1. The maximum absolute atomic E-state index is 12.4. The molecule has 0 saturated carbocycles. The Balaban J connectivity index is 1.57. The summed E-state index contributed by atoms with van der Waals surface area (Å²) in [5, 5.41) is 15.0. The van der Waals surface area contributed by atoms with E-state index >= 15 is 0 Å². The number of carbonyl (C=O) groups excluding carboxylic acids is 1. The molecule has 3 aromatic rings. The summed E-state index contributed by atoms with van der Waals surface area (Å²) in [6, 6.07) is 16.0. The largest absolute Gasteiger partial charge is 0.493 e. The number of hydrogen-bond acceptors (Lipinski definition) is 7. The molecule has 0 saturated heterocycles. The summed E-state index contributed by atoms with van der Waals surface area (Å²) in [5.41, 5.74) is 4.25. The lowest BCUT2D eigenvalue weighted by molar-refractivity contribution is -0.384. The molecule has 0 aliphatic rings. The van der Waals surface area contributed by atoms with Crippen LogP contribution in [0.15, 0.2) is 65.8 Å². The fourth-order valence-electron chi connectivity index (χ4n) is 2.90. The number of rotatable bonds is 10. The average Bonchev–Trinajstić information content (AvgIpc) is 2.84. The van der Waals surface area contributed by atoms with Crippen LogP contribution in [0, 0.1) is 10.1 Å². The van der Waals surface area contributed by atoms with Gasteiger partial charge in [0.2, 0.25) is 0 Å². The molecule has 3 rings (SSSR count). The molecule has 0 aromatic heterocycles. The van der Waals surface area contributed by atoms with Crippen molar-refractivity contribution in [2.24, 2.45) is 5.10 Å². The summed E-state index contributed by atoms with van der Waals surface area (Å²) in [4.78, 5) is 22.6. The Morgan fingerprint density at radius 1 is 1.06 bits per heavy atom. The summed E-state index contributed by atoms with van der Waals surface area (Å²) in [6.45, 7) is 2.54. The fourth-order valence-corrected chi connectivity index (χ4v) is 3.15. The Morgan fingerprint density at radius 3 is 2.44 bits per heavy atom. The third kappa shape index (κ3) is 6.46. The van der Waals surface area contributed by atoms with Crippen molar-refractivity contribution in [3.8, 4) is 17.2 Å². The number of hydrogen-bond donors (Lipinski definition) is 1. The predicted octanol–water partition coefficient (Wildman–Crippen LogP) is 5.00. The number of nitrogens with one attached hydrogen (secondary N) is 1. The molecule has 0 spiro atoms. The minimum Gasteiger partial charge on any atom is -0.493 e. The average molecular weight is 484 g/mol. The highest BCUT2D eigenvalue weighted by atomic mass is 35.5. The third-order valence-corrected chi connectivity index (χ3v) is 4.90. The van der Waals surface area contributed by atoms with Crippen molar-refractivity contribution < 1.29 is 23.9 Å². The number of benzene rings is 3. The van der Waals surface area contributed by atoms with E-state index in [-0.39, 0.29) is 12.3 Å². The molecule has 0 aliphatic heterocycles. The van der Waals surface area contributed by atoms with Crippen LogP contribution < -0.4 is 19.6 Å². The standard InChI is InChI=1S/C24H22ClN3O6/c1-3-33-22-11-7-18(13-23(22)32-2)24(29)27-26-14-17-6-10-21(20(25)12-17)34-15-16-4-8-19(9-5-16)28(30)31/h4-14H,3,15H2,1-2H3,(H,27,29)/b26-14+. The summed E-state index contributed by atoms with van der Waals surface area (Å²) in [6.07, 6.45) is 1.45.